The first-order valence-corrected chi connectivity index (χ1v) is 6.51. The second kappa shape index (κ2) is 6.18. The van der Waals surface area contributed by atoms with Crippen molar-refractivity contribution in [1.82, 2.24) is 9.78 Å². The summed E-state index contributed by atoms with van der Waals surface area (Å²) in [4.78, 5) is 11.8. The Kier molecular flexibility index (Phi) is 4.34. The standard InChI is InChI=1S/C15H19N3O/c1-12-11-13(2)18(17-12)10-6-9-15(19)16-14-7-4-3-5-8-14/h3-5,7-8,11H,6,9-10H2,1-2H3,(H,16,19). The zero-order valence-electron chi connectivity index (χ0n) is 11.4. The van der Waals surface area contributed by atoms with Gasteiger partial charge in [-0.2, -0.15) is 5.10 Å². The molecule has 19 heavy (non-hydrogen) atoms. The first kappa shape index (κ1) is 13.3. The molecule has 1 aromatic carbocycles. The number of benzene rings is 1. The van der Waals surface area contributed by atoms with Gasteiger partial charge in [-0.3, -0.25) is 9.48 Å². The highest BCUT2D eigenvalue weighted by atomic mass is 16.1. The molecule has 100 valence electrons. The summed E-state index contributed by atoms with van der Waals surface area (Å²) in [6.07, 6.45) is 1.30. The lowest BCUT2D eigenvalue weighted by Gasteiger charge is -2.06. The van der Waals surface area contributed by atoms with Crippen molar-refractivity contribution in [2.75, 3.05) is 5.32 Å². The predicted octanol–water partition coefficient (Wildman–Crippen LogP) is 2.92. The molecule has 0 radical (unpaired) electrons. The Morgan fingerprint density at radius 1 is 1.26 bits per heavy atom. The first-order valence-electron chi connectivity index (χ1n) is 6.51. The van der Waals surface area contributed by atoms with Crippen LogP contribution in [0.5, 0.6) is 0 Å². The van der Waals surface area contributed by atoms with Crippen molar-refractivity contribution in [1.29, 1.82) is 0 Å². The van der Waals surface area contributed by atoms with Crippen molar-refractivity contribution in [3.05, 3.63) is 47.8 Å². The molecule has 4 nitrogen and oxygen atoms in total. The number of anilines is 1. The van der Waals surface area contributed by atoms with E-state index in [2.05, 4.69) is 10.4 Å². The van der Waals surface area contributed by atoms with Crippen LogP contribution in [0, 0.1) is 13.8 Å². The van der Waals surface area contributed by atoms with Gasteiger partial charge in [0, 0.05) is 24.3 Å². The number of amides is 1. The summed E-state index contributed by atoms with van der Waals surface area (Å²) in [5.74, 6) is 0.0488. The van der Waals surface area contributed by atoms with E-state index in [1.54, 1.807) is 0 Å². The highest BCUT2D eigenvalue weighted by molar-refractivity contribution is 5.90. The van der Waals surface area contributed by atoms with Crippen LogP contribution in [0.15, 0.2) is 36.4 Å². The molecule has 0 aliphatic heterocycles. The van der Waals surface area contributed by atoms with Crippen molar-refractivity contribution < 1.29 is 4.79 Å². The summed E-state index contributed by atoms with van der Waals surface area (Å²) in [6, 6.07) is 11.6. The van der Waals surface area contributed by atoms with Gasteiger partial charge in [-0.25, -0.2) is 0 Å². The number of nitrogens with one attached hydrogen (secondary N) is 1. The second-order valence-electron chi connectivity index (χ2n) is 4.67. The molecule has 1 amide bonds. The molecule has 0 aliphatic carbocycles. The summed E-state index contributed by atoms with van der Waals surface area (Å²) < 4.78 is 1.95. The molecule has 0 bridgehead atoms. The second-order valence-corrected chi connectivity index (χ2v) is 4.67. The monoisotopic (exact) mass is 257 g/mol. The lowest BCUT2D eigenvalue weighted by molar-refractivity contribution is -0.116. The van der Waals surface area contributed by atoms with Gasteiger partial charge in [0.15, 0.2) is 0 Å². The van der Waals surface area contributed by atoms with Gasteiger partial charge in [0.25, 0.3) is 0 Å². The van der Waals surface area contributed by atoms with E-state index >= 15 is 0 Å². The van der Waals surface area contributed by atoms with E-state index in [9.17, 15) is 4.79 Å². The maximum absolute atomic E-state index is 11.8. The van der Waals surface area contributed by atoms with Crippen LogP contribution in [0.25, 0.3) is 0 Å². The number of carbonyl (C=O) groups excluding carboxylic acids is 1. The van der Waals surface area contributed by atoms with E-state index in [4.69, 9.17) is 0 Å². The zero-order chi connectivity index (χ0) is 13.7. The Hall–Kier alpha value is -2.10. The average Bonchev–Trinajstić information content (AvgIpc) is 2.69. The molecule has 1 heterocycles. The molecule has 0 saturated heterocycles. The fraction of sp³-hybridized carbons (Fsp3) is 0.333. The maximum atomic E-state index is 11.8. The van der Waals surface area contributed by atoms with Crippen molar-refractivity contribution in [2.45, 2.75) is 33.2 Å². The van der Waals surface area contributed by atoms with E-state index in [1.165, 1.54) is 0 Å². The van der Waals surface area contributed by atoms with Crippen molar-refractivity contribution in [2.24, 2.45) is 0 Å². The van der Waals surface area contributed by atoms with Crippen LogP contribution in [0.4, 0.5) is 5.69 Å². The number of rotatable bonds is 5. The van der Waals surface area contributed by atoms with Crippen LogP contribution < -0.4 is 5.32 Å². The highest BCUT2D eigenvalue weighted by Gasteiger charge is 2.04. The van der Waals surface area contributed by atoms with Gasteiger partial charge < -0.3 is 5.32 Å². The summed E-state index contributed by atoms with van der Waals surface area (Å²) in [5.41, 5.74) is 3.01. The van der Waals surface area contributed by atoms with Crippen LogP contribution in [0.1, 0.15) is 24.2 Å². The molecule has 0 aliphatic rings. The quantitative estimate of drug-likeness (QED) is 0.895. The zero-order valence-corrected chi connectivity index (χ0v) is 11.4. The minimum atomic E-state index is 0.0488. The molecule has 0 atom stereocenters. The highest BCUT2D eigenvalue weighted by Crippen LogP contribution is 2.07. The van der Waals surface area contributed by atoms with Crippen LogP contribution in [-0.2, 0) is 11.3 Å². The van der Waals surface area contributed by atoms with Crippen LogP contribution in [0.3, 0.4) is 0 Å². The van der Waals surface area contributed by atoms with Gasteiger partial charge in [-0.15, -0.1) is 0 Å². The molecule has 0 fully saturated rings. The van der Waals surface area contributed by atoms with Crippen molar-refractivity contribution in [3.8, 4) is 0 Å². The number of hydrogen-bond donors (Lipinski definition) is 1. The number of aromatic nitrogens is 2. The first-order chi connectivity index (χ1) is 9.15. The maximum Gasteiger partial charge on any atom is 0.224 e. The number of hydrogen-bond acceptors (Lipinski definition) is 2. The molecular formula is C15H19N3O. The molecule has 1 aromatic heterocycles. The normalized spacial score (nSPS) is 10.4. The minimum absolute atomic E-state index is 0.0488. The van der Waals surface area contributed by atoms with Gasteiger partial charge in [-0.05, 0) is 38.5 Å². The Labute approximate surface area is 113 Å². The smallest absolute Gasteiger partial charge is 0.224 e. The number of aryl methyl sites for hydroxylation is 3. The number of para-hydroxylation sites is 1. The van der Waals surface area contributed by atoms with E-state index in [0.717, 1.165) is 30.0 Å². The molecule has 0 saturated carbocycles. The molecule has 2 aromatic rings. The number of nitrogens with zero attached hydrogens (tertiary/aromatic N) is 2. The Morgan fingerprint density at radius 3 is 2.63 bits per heavy atom. The van der Waals surface area contributed by atoms with E-state index in [0.29, 0.717) is 6.42 Å². The van der Waals surface area contributed by atoms with Crippen molar-refractivity contribution in [3.63, 3.8) is 0 Å². The van der Waals surface area contributed by atoms with E-state index in [1.807, 2.05) is 54.9 Å². The molecule has 0 spiro atoms. The fourth-order valence-electron chi connectivity index (χ4n) is 2.04. The molecule has 0 unspecified atom stereocenters. The van der Waals surface area contributed by atoms with Gasteiger partial charge in [0.05, 0.1) is 5.69 Å². The van der Waals surface area contributed by atoms with Gasteiger partial charge in [-0.1, -0.05) is 18.2 Å². The van der Waals surface area contributed by atoms with Gasteiger partial charge >= 0.3 is 0 Å². The third kappa shape index (κ3) is 3.95. The summed E-state index contributed by atoms with van der Waals surface area (Å²) in [7, 11) is 0. The SMILES string of the molecule is Cc1cc(C)n(CCCC(=O)Nc2ccccc2)n1. The molecular weight excluding hydrogens is 238 g/mol. The van der Waals surface area contributed by atoms with E-state index in [-0.39, 0.29) is 5.91 Å². The summed E-state index contributed by atoms with van der Waals surface area (Å²) in [6.45, 7) is 4.79. The van der Waals surface area contributed by atoms with Gasteiger partial charge in [0.2, 0.25) is 5.91 Å². The lowest BCUT2D eigenvalue weighted by atomic mass is 10.2. The van der Waals surface area contributed by atoms with Crippen LogP contribution >= 0.6 is 0 Å². The minimum Gasteiger partial charge on any atom is -0.326 e. The molecule has 1 N–H and O–H groups in total. The number of carbonyl (C=O) groups is 1. The third-order valence-electron chi connectivity index (χ3n) is 2.93. The topological polar surface area (TPSA) is 46.9 Å². The fourth-order valence-corrected chi connectivity index (χ4v) is 2.04. The van der Waals surface area contributed by atoms with Crippen LogP contribution in [-0.4, -0.2) is 15.7 Å². The third-order valence-corrected chi connectivity index (χ3v) is 2.93. The average molecular weight is 257 g/mol. The molecule has 4 heteroatoms. The predicted molar refractivity (Wildman–Crippen MR) is 76.0 cm³/mol. The summed E-state index contributed by atoms with van der Waals surface area (Å²) in [5, 5.41) is 7.26. The largest absolute Gasteiger partial charge is 0.326 e. The van der Waals surface area contributed by atoms with Crippen LogP contribution in [0.2, 0.25) is 0 Å². The molecule has 2 rings (SSSR count). The Bertz CT molecular complexity index is 546. The lowest BCUT2D eigenvalue weighted by Crippen LogP contribution is -2.13. The van der Waals surface area contributed by atoms with Crippen molar-refractivity contribution >= 4 is 11.6 Å². The Morgan fingerprint density at radius 2 is 2.00 bits per heavy atom. The summed E-state index contributed by atoms with van der Waals surface area (Å²) >= 11 is 0. The Balaban J connectivity index is 1.77. The van der Waals surface area contributed by atoms with E-state index < -0.39 is 0 Å². The van der Waals surface area contributed by atoms with Gasteiger partial charge in [0.1, 0.15) is 0 Å².